The number of aromatic hydroxyl groups is 3. The van der Waals surface area contributed by atoms with Crippen molar-refractivity contribution in [2.75, 3.05) is 6.61 Å². The van der Waals surface area contributed by atoms with Crippen molar-refractivity contribution in [3.05, 3.63) is 71.0 Å². The van der Waals surface area contributed by atoms with E-state index in [9.17, 15) is 24.8 Å². The van der Waals surface area contributed by atoms with Crippen LogP contribution in [0.1, 0.15) is 22.6 Å². The van der Waals surface area contributed by atoms with Gasteiger partial charge in [-0.3, -0.25) is 0 Å². The first-order valence-corrected chi connectivity index (χ1v) is 8.88. The molecule has 1 heterocycles. The quantitative estimate of drug-likeness (QED) is 0.486. The smallest absolute Gasteiger partial charge is 0.157 e. The molecular formula is C22H17FO5. The van der Waals surface area contributed by atoms with Crippen molar-refractivity contribution in [1.29, 1.82) is 0 Å². The molecule has 6 heteroatoms. The third kappa shape index (κ3) is 2.34. The highest BCUT2D eigenvalue weighted by molar-refractivity contribution is 5.74. The Balaban J connectivity index is 1.71. The van der Waals surface area contributed by atoms with Gasteiger partial charge in [0.2, 0.25) is 0 Å². The first-order valence-electron chi connectivity index (χ1n) is 8.88. The van der Waals surface area contributed by atoms with Gasteiger partial charge < -0.3 is 25.2 Å². The second kappa shape index (κ2) is 5.62. The van der Waals surface area contributed by atoms with E-state index in [0.717, 1.165) is 5.56 Å². The van der Waals surface area contributed by atoms with Gasteiger partial charge in [0.1, 0.15) is 29.5 Å². The molecule has 1 aliphatic heterocycles. The second-order valence-electron chi connectivity index (χ2n) is 7.46. The molecule has 2 aliphatic rings. The van der Waals surface area contributed by atoms with Crippen LogP contribution in [0, 0.1) is 5.82 Å². The van der Waals surface area contributed by atoms with Gasteiger partial charge in [0.25, 0.3) is 0 Å². The monoisotopic (exact) mass is 380 g/mol. The van der Waals surface area contributed by atoms with E-state index in [-0.39, 0.29) is 36.1 Å². The lowest BCUT2D eigenvalue weighted by atomic mass is 9.79. The first kappa shape index (κ1) is 16.9. The minimum atomic E-state index is -1.23. The van der Waals surface area contributed by atoms with Crippen LogP contribution in [0.5, 0.6) is 23.0 Å². The number of benzene rings is 3. The fraction of sp³-hybridized carbons (Fsp3) is 0.182. The van der Waals surface area contributed by atoms with Crippen LogP contribution >= 0.6 is 0 Å². The number of ether oxygens (including phenoxy) is 1. The van der Waals surface area contributed by atoms with Crippen LogP contribution in [-0.2, 0) is 6.42 Å². The fourth-order valence-electron chi connectivity index (χ4n) is 4.37. The van der Waals surface area contributed by atoms with Crippen LogP contribution in [0.2, 0.25) is 0 Å². The zero-order chi connectivity index (χ0) is 19.6. The van der Waals surface area contributed by atoms with E-state index in [0.29, 0.717) is 28.0 Å². The van der Waals surface area contributed by atoms with Gasteiger partial charge >= 0.3 is 0 Å². The van der Waals surface area contributed by atoms with Gasteiger partial charge in [0.15, 0.2) is 11.5 Å². The van der Waals surface area contributed by atoms with E-state index in [2.05, 4.69) is 0 Å². The molecule has 0 aromatic heterocycles. The highest BCUT2D eigenvalue weighted by Gasteiger charge is 2.50. The number of phenols is 3. The van der Waals surface area contributed by atoms with Crippen molar-refractivity contribution >= 4 is 0 Å². The Hall–Kier alpha value is -3.25. The average molecular weight is 380 g/mol. The van der Waals surface area contributed by atoms with E-state index >= 15 is 0 Å². The van der Waals surface area contributed by atoms with E-state index in [1.807, 2.05) is 0 Å². The van der Waals surface area contributed by atoms with Gasteiger partial charge in [-0.15, -0.1) is 0 Å². The Morgan fingerprint density at radius 3 is 2.36 bits per heavy atom. The summed E-state index contributed by atoms with van der Waals surface area (Å²) in [5, 5.41) is 41.5. The molecular weight excluding hydrogens is 363 g/mol. The first-order chi connectivity index (χ1) is 13.4. The largest absolute Gasteiger partial charge is 0.507 e. The highest BCUT2D eigenvalue weighted by Crippen LogP contribution is 2.54. The van der Waals surface area contributed by atoms with Gasteiger partial charge in [-0.05, 0) is 47.0 Å². The Bertz CT molecular complexity index is 1110. The van der Waals surface area contributed by atoms with Crippen molar-refractivity contribution in [2.45, 2.75) is 17.9 Å². The van der Waals surface area contributed by atoms with E-state index in [1.54, 1.807) is 18.2 Å². The number of phenolic OH excluding ortho intramolecular Hbond substituents is 3. The van der Waals surface area contributed by atoms with Crippen molar-refractivity contribution in [3.63, 3.8) is 0 Å². The number of halogens is 1. The van der Waals surface area contributed by atoms with Gasteiger partial charge in [-0.2, -0.15) is 0 Å². The zero-order valence-electron chi connectivity index (χ0n) is 14.7. The molecule has 1 aliphatic carbocycles. The molecule has 5 nitrogen and oxygen atoms in total. The number of hydrogen-bond donors (Lipinski definition) is 4. The van der Waals surface area contributed by atoms with Crippen molar-refractivity contribution in [1.82, 2.24) is 0 Å². The molecule has 2 unspecified atom stereocenters. The van der Waals surface area contributed by atoms with Gasteiger partial charge in [0.05, 0.1) is 0 Å². The summed E-state index contributed by atoms with van der Waals surface area (Å²) < 4.78 is 19.0. The van der Waals surface area contributed by atoms with Crippen LogP contribution in [0.15, 0.2) is 48.5 Å². The molecule has 0 saturated carbocycles. The minimum absolute atomic E-state index is 0.0115. The molecule has 5 rings (SSSR count). The molecule has 0 bridgehead atoms. The summed E-state index contributed by atoms with van der Waals surface area (Å²) in [6.45, 7) is 0.0240. The molecule has 142 valence electrons. The zero-order valence-corrected chi connectivity index (χ0v) is 14.7. The summed E-state index contributed by atoms with van der Waals surface area (Å²) in [5.74, 6) is -0.925. The summed E-state index contributed by atoms with van der Waals surface area (Å²) in [6.07, 6.45) is 0.271. The molecule has 28 heavy (non-hydrogen) atoms. The lowest BCUT2D eigenvalue weighted by molar-refractivity contribution is -0.0218. The molecule has 3 aromatic carbocycles. The van der Waals surface area contributed by atoms with Crippen molar-refractivity contribution < 1.29 is 29.6 Å². The summed E-state index contributed by atoms with van der Waals surface area (Å²) in [6, 6.07) is 11.9. The molecule has 0 fully saturated rings. The van der Waals surface area contributed by atoms with E-state index < -0.39 is 11.5 Å². The summed E-state index contributed by atoms with van der Waals surface area (Å²) in [5.41, 5.74) is 1.99. The Morgan fingerprint density at radius 1 is 0.893 bits per heavy atom. The average Bonchev–Trinajstić information content (AvgIpc) is 2.94. The number of fused-ring (bicyclic) bond motifs is 5. The van der Waals surface area contributed by atoms with Gasteiger partial charge in [-0.25, -0.2) is 4.39 Å². The SMILES string of the molecule is Oc1cc2c(cc1O)C1c3cc(-c4ccc(F)cc4)c(O)cc3OCC1(O)C2. The number of aliphatic hydroxyl groups is 1. The minimum Gasteiger partial charge on any atom is -0.507 e. The van der Waals surface area contributed by atoms with E-state index in [4.69, 9.17) is 4.74 Å². The Kier molecular flexibility index (Phi) is 3.39. The fourth-order valence-corrected chi connectivity index (χ4v) is 4.37. The van der Waals surface area contributed by atoms with Crippen LogP contribution in [0.25, 0.3) is 11.1 Å². The van der Waals surface area contributed by atoms with Crippen molar-refractivity contribution in [3.8, 4) is 34.1 Å². The molecule has 0 amide bonds. The standard InChI is InChI=1S/C22H17FO5/c23-13-3-1-11(2-4-13)14-6-16-20(8-17(14)24)28-10-22(27)9-12-5-18(25)19(26)7-15(12)21(16)22/h1-8,21,24-27H,9-10H2. The maximum atomic E-state index is 13.3. The summed E-state index contributed by atoms with van der Waals surface area (Å²) in [7, 11) is 0. The van der Waals surface area contributed by atoms with Crippen LogP contribution < -0.4 is 4.74 Å². The van der Waals surface area contributed by atoms with Gasteiger partial charge in [-0.1, -0.05) is 12.1 Å². The van der Waals surface area contributed by atoms with E-state index in [1.165, 1.54) is 30.3 Å². The maximum absolute atomic E-state index is 13.3. The topological polar surface area (TPSA) is 90.2 Å². The maximum Gasteiger partial charge on any atom is 0.157 e. The van der Waals surface area contributed by atoms with Crippen LogP contribution in [0.3, 0.4) is 0 Å². The lowest BCUT2D eigenvalue weighted by Crippen LogP contribution is -2.43. The number of hydrogen-bond acceptors (Lipinski definition) is 5. The summed E-state index contributed by atoms with van der Waals surface area (Å²) >= 11 is 0. The molecule has 4 N–H and O–H groups in total. The van der Waals surface area contributed by atoms with Crippen molar-refractivity contribution in [2.24, 2.45) is 0 Å². The molecule has 3 aromatic rings. The Morgan fingerprint density at radius 2 is 1.61 bits per heavy atom. The lowest BCUT2D eigenvalue weighted by Gasteiger charge is -2.37. The predicted octanol–water partition coefficient (Wildman–Crippen LogP) is 3.42. The van der Waals surface area contributed by atoms with Crippen LogP contribution in [0.4, 0.5) is 4.39 Å². The third-order valence-corrected chi connectivity index (χ3v) is 5.65. The molecule has 2 atom stereocenters. The molecule has 0 spiro atoms. The third-order valence-electron chi connectivity index (χ3n) is 5.65. The van der Waals surface area contributed by atoms with Gasteiger partial charge in [0, 0.05) is 29.5 Å². The number of rotatable bonds is 1. The second-order valence-corrected chi connectivity index (χ2v) is 7.46. The molecule has 0 radical (unpaired) electrons. The van der Waals surface area contributed by atoms with Crippen LogP contribution in [-0.4, -0.2) is 32.6 Å². The Labute approximate surface area is 159 Å². The summed E-state index contributed by atoms with van der Waals surface area (Å²) in [4.78, 5) is 0. The highest BCUT2D eigenvalue weighted by atomic mass is 19.1. The predicted molar refractivity (Wildman–Crippen MR) is 99.3 cm³/mol. The normalized spacial score (nSPS) is 22.1. The molecule has 0 saturated heterocycles.